The molecule has 19 heavy (non-hydrogen) atoms. The molecule has 5 heteroatoms. The Labute approximate surface area is 113 Å². The van der Waals surface area contributed by atoms with Crippen molar-refractivity contribution >= 4 is 0 Å². The predicted octanol–water partition coefficient (Wildman–Crippen LogP) is 2.43. The first-order valence-electron chi connectivity index (χ1n) is 6.59. The number of hydrogen-bond acceptors (Lipinski definition) is 5. The van der Waals surface area contributed by atoms with Crippen molar-refractivity contribution in [2.45, 2.75) is 39.2 Å². The van der Waals surface area contributed by atoms with Crippen LogP contribution in [0.1, 0.15) is 33.1 Å². The molecule has 0 aliphatic rings. The lowest BCUT2D eigenvalue weighted by atomic mass is 10.1. The second-order valence-corrected chi connectivity index (χ2v) is 4.27. The van der Waals surface area contributed by atoms with E-state index in [0.717, 1.165) is 19.3 Å². The van der Waals surface area contributed by atoms with Crippen molar-refractivity contribution in [1.29, 1.82) is 0 Å². The van der Waals surface area contributed by atoms with Crippen LogP contribution >= 0.6 is 0 Å². The van der Waals surface area contributed by atoms with Gasteiger partial charge >= 0.3 is 0 Å². The minimum atomic E-state index is -0.233. The van der Waals surface area contributed by atoms with Gasteiger partial charge in [-0.05, 0) is 25.0 Å². The molecule has 108 valence electrons. The summed E-state index contributed by atoms with van der Waals surface area (Å²) in [4.78, 5) is 0. The Balaban J connectivity index is 2.91. The zero-order valence-corrected chi connectivity index (χ0v) is 11.4. The van der Waals surface area contributed by atoms with E-state index in [4.69, 9.17) is 14.6 Å². The standard InChI is InChI=1S/C14H22O5/c1-3-5-10(4-2)19-14-11(16)6-7-12(13(14)17)18-9-8-15/h6-7,10,15-17H,3-5,8-9H2,1-2H3. The highest BCUT2D eigenvalue weighted by Crippen LogP contribution is 2.43. The normalized spacial score (nSPS) is 12.2. The number of ether oxygens (including phenoxy) is 2. The number of hydrogen-bond donors (Lipinski definition) is 3. The fraction of sp³-hybridized carbons (Fsp3) is 0.571. The first-order chi connectivity index (χ1) is 9.13. The second kappa shape index (κ2) is 7.74. The van der Waals surface area contributed by atoms with Crippen LogP contribution in [0.25, 0.3) is 0 Å². The molecular weight excluding hydrogens is 248 g/mol. The summed E-state index contributed by atoms with van der Waals surface area (Å²) in [6, 6.07) is 2.84. The van der Waals surface area contributed by atoms with E-state index in [1.54, 1.807) is 0 Å². The highest BCUT2D eigenvalue weighted by molar-refractivity contribution is 5.57. The van der Waals surface area contributed by atoms with E-state index in [1.807, 2.05) is 13.8 Å². The Bertz CT molecular complexity index is 392. The van der Waals surface area contributed by atoms with Gasteiger partial charge in [-0.25, -0.2) is 0 Å². The zero-order valence-electron chi connectivity index (χ0n) is 11.4. The van der Waals surface area contributed by atoms with E-state index in [2.05, 4.69) is 0 Å². The molecule has 0 saturated heterocycles. The summed E-state index contributed by atoms with van der Waals surface area (Å²) in [5.74, 6) is -0.129. The molecule has 1 aromatic carbocycles. The van der Waals surface area contributed by atoms with Crippen LogP contribution in [-0.4, -0.2) is 34.6 Å². The Hall–Kier alpha value is -1.62. The fourth-order valence-corrected chi connectivity index (χ4v) is 1.77. The second-order valence-electron chi connectivity index (χ2n) is 4.27. The molecule has 0 saturated carbocycles. The van der Waals surface area contributed by atoms with Gasteiger partial charge in [0.1, 0.15) is 6.61 Å². The first kappa shape index (κ1) is 15.4. The Morgan fingerprint density at radius 1 is 1.21 bits per heavy atom. The molecule has 0 bridgehead atoms. The van der Waals surface area contributed by atoms with Crippen molar-refractivity contribution < 1.29 is 24.8 Å². The molecule has 0 spiro atoms. The summed E-state index contributed by atoms with van der Waals surface area (Å²) < 4.78 is 10.8. The number of phenolic OH excluding ortho intramolecular Hbond substituents is 2. The lowest BCUT2D eigenvalue weighted by Crippen LogP contribution is -2.15. The van der Waals surface area contributed by atoms with Gasteiger partial charge in [0, 0.05) is 0 Å². The van der Waals surface area contributed by atoms with Crippen LogP contribution in [0.4, 0.5) is 0 Å². The zero-order chi connectivity index (χ0) is 14.3. The lowest BCUT2D eigenvalue weighted by molar-refractivity contribution is 0.166. The number of phenols is 2. The molecule has 0 aliphatic heterocycles. The first-order valence-corrected chi connectivity index (χ1v) is 6.59. The molecule has 0 heterocycles. The van der Waals surface area contributed by atoms with E-state index in [0.29, 0.717) is 0 Å². The van der Waals surface area contributed by atoms with Crippen LogP contribution in [0.15, 0.2) is 12.1 Å². The van der Waals surface area contributed by atoms with Gasteiger partial charge in [-0.3, -0.25) is 0 Å². The number of benzene rings is 1. The molecule has 0 aliphatic carbocycles. The van der Waals surface area contributed by atoms with Crippen LogP contribution in [0.5, 0.6) is 23.0 Å². The molecule has 1 atom stereocenters. The fourth-order valence-electron chi connectivity index (χ4n) is 1.77. The Morgan fingerprint density at radius 3 is 2.53 bits per heavy atom. The van der Waals surface area contributed by atoms with Crippen molar-refractivity contribution in [3.05, 3.63) is 12.1 Å². The van der Waals surface area contributed by atoms with Gasteiger partial charge in [-0.15, -0.1) is 0 Å². The van der Waals surface area contributed by atoms with Gasteiger partial charge in [0.25, 0.3) is 0 Å². The molecule has 3 N–H and O–H groups in total. The number of aromatic hydroxyl groups is 2. The van der Waals surface area contributed by atoms with Crippen LogP contribution in [0.3, 0.4) is 0 Å². The van der Waals surface area contributed by atoms with Crippen molar-refractivity contribution in [3.63, 3.8) is 0 Å². The predicted molar refractivity (Wildman–Crippen MR) is 72.0 cm³/mol. The summed E-state index contributed by atoms with van der Waals surface area (Å²) in [6.07, 6.45) is 2.53. The Kier molecular flexibility index (Phi) is 6.29. The monoisotopic (exact) mass is 270 g/mol. The minimum absolute atomic E-state index is 0.0377. The van der Waals surface area contributed by atoms with Gasteiger partial charge in [-0.2, -0.15) is 0 Å². The molecule has 5 nitrogen and oxygen atoms in total. The van der Waals surface area contributed by atoms with Crippen LogP contribution in [0.2, 0.25) is 0 Å². The quantitative estimate of drug-likeness (QED) is 0.676. The van der Waals surface area contributed by atoms with E-state index < -0.39 is 0 Å². The van der Waals surface area contributed by atoms with Crippen LogP contribution in [-0.2, 0) is 0 Å². The van der Waals surface area contributed by atoms with Crippen molar-refractivity contribution in [3.8, 4) is 23.0 Å². The van der Waals surface area contributed by atoms with E-state index in [9.17, 15) is 10.2 Å². The molecule has 0 fully saturated rings. The third-order valence-electron chi connectivity index (χ3n) is 2.77. The van der Waals surface area contributed by atoms with Gasteiger partial charge in [0.2, 0.25) is 11.5 Å². The highest BCUT2D eigenvalue weighted by atomic mass is 16.5. The topological polar surface area (TPSA) is 79.2 Å². The summed E-state index contributed by atoms with van der Waals surface area (Å²) >= 11 is 0. The van der Waals surface area contributed by atoms with E-state index in [1.165, 1.54) is 12.1 Å². The van der Waals surface area contributed by atoms with Gasteiger partial charge in [0.15, 0.2) is 11.5 Å². The molecule has 1 unspecified atom stereocenters. The molecule has 1 aromatic rings. The van der Waals surface area contributed by atoms with Crippen molar-refractivity contribution in [1.82, 2.24) is 0 Å². The summed E-state index contributed by atoms with van der Waals surface area (Å²) in [6.45, 7) is 3.96. The van der Waals surface area contributed by atoms with E-state index in [-0.39, 0.29) is 42.3 Å². The molecule has 1 rings (SSSR count). The van der Waals surface area contributed by atoms with Gasteiger partial charge in [0.05, 0.1) is 12.7 Å². The largest absolute Gasteiger partial charge is 0.504 e. The van der Waals surface area contributed by atoms with E-state index >= 15 is 0 Å². The molecule has 0 amide bonds. The number of rotatable bonds is 8. The van der Waals surface area contributed by atoms with Crippen LogP contribution < -0.4 is 9.47 Å². The minimum Gasteiger partial charge on any atom is -0.504 e. The van der Waals surface area contributed by atoms with Crippen molar-refractivity contribution in [2.75, 3.05) is 13.2 Å². The van der Waals surface area contributed by atoms with Crippen LogP contribution in [0, 0.1) is 0 Å². The maximum atomic E-state index is 10.0. The number of aliphatic hydroxyl groups is 1. The SMILES string of the molecule is CCCC(CC)Oc1c(O)ccc(OCCO)c1O. The number of aliphatic hydroxyl groups excluding tert-OH is 1. The molecule has 0 radical (unpaired) electrons. The average molecular weight is 270 g/mol. The maximum Gasteiger partial charge on any atom is 0.207 e. The molecular formula is C14H22O5. The highest BCUT2D eigenvalue weighted by Gasteiger charge is 2.18. The Morgan fingerprint density at radius 2 is 1.95 bits per heavy atom. The van der Waals surface area contributed by atoms with Gasteiger partial charge < -0.3 is 24.8 Å². The van der Waals surface area contributed by atoms with Gasteiger partial charge in [-0.1, -0.05) is 20.3 Å². The summed E-state index contributed by atoms with van der Waals surface area (Å²) in [5, 5.41) is 28.5. The smallest absolute Gasteiger partial charge is 0.207 e. The summed E-state index contributed by atoms with van der Waals surface area (Å²) in [5.41, 5.74) is 0. The van der Waals surface area contributed by atoms with Crippen molar-refractivity contribution in [2.24, 2.45) is 0 Å². The third kappa shape index (κ3) is 4.21. The summed E-state index contributed by atoms with van der Waals surface area (Å²) in [7, 11) is 0. The maximum absolute atomic E-state index is 10.0. The third-order valence-corrected chi connectivity index (χ3v) is 2.77. The lowest BCUT2D eigenvalue weighted by Gasteiger charge is -2.19. The average Bonchev–Trinajstić information content (AvgIpc) is 2.41. The molecule has 0 aromatic heterocycles.